The Labute approximate surface area is 143 Å². The van der Waals surface area contributed by atoms with E-state index in [2.05, 4.69) is 0 Å². The molecule has 8 nitrogen and oxygen atoms in total. The average Bonchev–Trinajstić information content (AvgIpc) is 2.89. The Morgan fingerprint density at radius 2 is 1.64 bits per heavy atom. The van der Waals surface area contributed by atoms with Crippen LogP contribution in [0, 0.1) is 5.92 Å². The summed E-state index contributed by atoms with van der Waals surface area (Å²) < 4.78 is 0. The van der Waals surface area contributed by atoms with Crippen LogP contribution in [0.15, 0.2) is 24.3 Å². The Hall–Kier alpha value is -2.74. The summed E-state index contributed by atoms with van der Waals surface area (Å²) in [7, 11) is 0. The molecule has 0 aliphatic carbocycles. The third-order valence-corrected chi connectivity index (χ3v) is 4.96. The van der Waals surface area contributed by atoms with Crippen LogP contribution in [0.1, 0.15) is 29.6 Å². The number of rotatable bonds is 4. The summed E-state index contributed by atoms with van der Waals surface area (Å²) in [6.45, 7) is 1.000. The number of hydrogen-bond donors (Lipinski definition) is 1. The lowest BCUT2D eigenvalue weighted by molar-refractivity contribution is -0.920. The number of hydrogen-bond acceptors (Lipinski definition) is 6. The zero-order chi connectivity index (χ0) is 18.1. The van der Waals surface area contributed by atoms with Gasteiger partial charge in [0.15, 0.2) is 6.04 Å². The van der Waals surface area contributed by atoms with Gasteiger partial charge < -0.3 is 24.7 Å². The maximum Gasteiger partial charge on any atom is 0.292 e. The number of nitrogens with one attached hydrogen (secondary N) is 1. The largest absolute Gasteiger partial charge is 0.550 e. The number of quaternary nitrogens is 1. The Balaban J connectivity index is 1.72. The Bertz CT molecular complexity index is 721. The van der Waals surface area contributed by atoms with E-state index in [9.17, 15) is 29.4 Å². The zero-order valence-electron chi connectivity index (χ0n) is 13.4. The monoisotopic (exact) mass is 345 g/mol. The molecule has 1 N–H and O–H groups in total. The van der Waals surface area contributed by atoms with Gasteiger partial charge in [-0.25, -0.2) is 4.90 Å². The van der Waals surface area contributed by atoms with Crippen LogP contribution in [-0.4, -0.2) is 42.9 Å². The number of amides is 2. The summed E-state index contributed by atoms with van der Waals surface area (Å²) in [5.41, 5.74) is 0.292. The van der Waals surface area contributed by atoms with E-state index in [1.165, 1.54) is 24.3 Å². The molecule has 0 radical (unpaired) electrons. The molecular formula is C17H17N2O6-. The highest BCUT2D eigenvalue weighted by Crippen LogP contribution is 2.23. The molecule has 0 aromatic heterocycles. The molecule has 0 saturated carbocycles. The third-order valence-electron chi connectivity index (χ3n) is 4.96. The second-order valence-corrected chi connectivity index (χ2v) is 6.41. The summed E-state index contributed by atoms with van der Waals surface area (Å²) in [6.07, 6.45) is 0.915. The first-order valence-electron chi connectivity index (χ1n) is 8.12. The molecule has 1 atom stereocenters. The van der Waals surface area contributed by atoms with E-state index in [-0.39, 0.29) is 23.8 Å². The summed E-state index contributed by atoms with van der Waals surface area (Å²) in [5, 5.41) is 21.7. The molecule has 0 bridgehead atoms. The van der Waals surface area contributed by atoms with Crippen molar-refractivity contribution in [1.29, 1.82) is 0 Å². The molecule has 2 amide bonds. The summed E-state index contributed by atoms with van der Waals surface area (Å²) in [4.78, 5) is 48.6. The number of aliphatic carboxylic acids is 1. The van der Waals surface area contributed by atoms with Gasteiger partial charge in [-0.15, -0.1) is 0 Å². The van der Waals surface area contributed by atoms with Crippen LogP contribution in [0.3, 0.4) is 0 Å². The van der Waals surface area contributed by atoms with Gasteiger partial charge in [0.05, 0.1) is 31.2 Å². The number of imide groups is 1. The van der Waals surface area contributed by atoms with Gasteiger partial charge in [-0.05, 0) is 17.7 Å². The summed E-state index contributed by atoms with van der Waals surface area (Å²) in [6, 6.07) is 4.85. The van der Waals surface area contributed by atoms with Crippen molar-refractivity contribution < 1.29 is 34.3 Å². The summed E-state index contributed by atoms with van der Waals surface area (Å²) >= 11 is 0. The van der Waals surface area contributed by atoms with Crippen LogP contribution >= 0.6 is 0 Å². The maximum atomic E-state index is 12.7. The van der Waals surface area contributed by atoms with E-state index < -0.39 is 23.9 Å². The minimum atomic E-state index is -1.33. The molecule has 132 valence electrons. The Morgan fingerprint density at radius 3 is 2.16 bits per heavy atom. The van der Waals surface area contributed by atoms with Crippen molar-refractivity contribution in [2.75, 3.05) is 18.0 Å². The van der Waals surface area contributed by atoms with Gasteiger partial charge in [0.1, 0.15) is 0 Å². The number of carboxylic acids is 2. The fourth-order valence-corrected chi connectivity index (χ4v) is 3.54. The molecule has 8 heteroatoms. The molecule has 2 fully saturated rings. The van der Waals surface area contributed by atoms with Crippen molar-refractivity contribution in [2.45, 2.75) is 25.3 Å². The van der Waals surface area contributed by atoms with Crippen molar-refractivity contribution in [3.63, 3.8) is 0 Å². The third kappa shape index (κ3) is 3.25. The molecule has 2 saturated heterocycles. The fourth-order valence-electron chi connectivity index (χ4n) is 3.54. The lowest BCUT2D eigenvalue weighted by Gasteiger charge is -2.32. The number of carboxylic acid groups (broad SMARTS) is 2. The van der Waals surface area contributed by atoms with E-state index >= 15 is 0 Å². The number of carbonyl (C=O) groups is 4. The number of anilines is 1. The molecule has 0 spiro atoms. The number of aromatic carboxylic acids is 1. The SMILES string of the molecule is O=C([O-])c1ccc(N2C(=O)C[C@@H]([NH+]3CCC(C(=O)[O-])CC3)C2=O)cc1. The van der Waals surface area contributed by atoms with Crippen molar-refractivity contribution in [3.05, 3.63) is 29.8 Å². The Kier molecular flexibility index (Phi) is 4.54. The number of nitrogens with zero attached hydrogens (tertiary/aromatic N) is 1. The highest BCUT2D eigenvalue weighted by atomic mass is 16.4. The summed E-state index contributed by atoms with van der Waals surface area (Å²) in [5.74, 6) is -3.57. The molecule has 2 heterocycles. The predicted octanol–water partition coefficient (Wildman–Crippen LogP) is -3.27. The standard InChI is InChI=1S/C17H18N2O6/c20-14-9-13(18-7-5-11(6-8-18)17(24)25)15(21)19(14)12-3-1-10(2-4-12)16(22)23/h1-4,11,13H,5-9H2,(H,22,23)(H,24,25)/p-1/t13-/m1/s1. The number of likely N-dealkylation sites (tertiary alicyclic amines) is 1. The minimum absolute atomic E-state index is 0.0330. The van der Waals surface area contributed by atoms with Gasteiger partial charge in [0, 0.05) is 24.7 Å². The van der Waals surface area contributed by atoms with Crippen LogP contribution in [0.25, 0.3) is 0 Å². The maximum absolute atomic E-state index is 12.7. The second-order valence-electron chi connectivity index (χ2n) is 6.41. The number of carbonyl (C=O) groups excluding carboxylic acids is 4. The lowest BCUT2D eigenvalue weighted by atomic mass is 9.96. The Morgan fingerprint density at radius 1 is 1.04 bits per heavy atom. The van der Waals surface area contributed by atoms with Gasteiger partial charge >= 0.3 is 0 Å². The quantitative estimate of drug-likeness (QED) is 0.571. The van der Waals surface area contributed by atoms with Crippen molar-refractivity contribution in [2.24, 2.45) is 5.92 Å². The second kappa shape index (κ2) is 6.64. The molecule has 25 heavy (non-hydrogen) atoms. The van der Waals surface area contributed by atoms with Crippen molar-refractivity contribution in [1.82, 2.24) is 0 Å². The van der Waals surface area contributed by atoms with Crippen molar-refractivity contribution >= 4 is 29.4 Å². The van der Waals surface area contributed by atoms with E-state index in [4.69, 9.17) is 0 Å². The average molecular weight is 345 g/mol. The molecule has 3 rings (SSSR count). The molecule has 2 aliphatic rings. The van der Waals surface area contributed by atoms with Crippen LogP contribution in [-0.2, 0) is 14.4 Å². The van der Waals surface area contributed by atoms with Crippen LogP contribution < -0.4 is 20.0 Å². The first-order valence-corrected chi connectivity index (χ1v) is 8.12. The van der Waals surface area contributed by atoms with Gasteiger partial charge in [-0.3, -0.25) is 9.59 Å². The first kappa shape index (κ1) is 17.1. The molecule has 2 aliphatic heterocycles. The smallest absolute Gasteiger partial charge is 0.292 e. The topological polar surface area (TPSA) is 122 Å². The van der Waals surface area contributed by atoms with Gasteiger partial charge in [-0.2, -0.15) is 0 Å². The number of benzene rings is 1. The minimum Gasteiger partial charge on any atom is -0.550 e. The molecule has 1 aromatic carbocycles. The van der Waals surface area contributed by atoms with Crippen LogP contribution in [0.5, 0.6) is 0 Å². The number of piperidine rings is 1. The highest BCUT2D eigenvalue weighted by Gasteiger charge is 2.46. The van der Waals surface area contributed by atoms with Crippen molar-refractivity contribution in [3.8, 4) is 0 Å². The van der Waals surface area contributed by atoms with Gasteiger partial charge in [-0.1, -0.05) is 12.1 Å². The van der Waals surface area contributed by atoms with E-state index in [1.807, 2.05) is 0 Å². The van der Waals surface area contributed by atoms with Crippen LogP contribution in [0.4, 0.5) is 5.69 Å². The van der Waals surface area contributed by atoms with E-state index in [0.29, 0.717) is 31.6 Å². The van der Waals surface area contributed by atoms with Gasteiger partial charge in [0.25, 0.3) is 5.91 Å². The molecular weight excluding hydrogens is 328 g/mol. The molecule has 0 unspecified atom stereocenters. The van der Waals surface area contributed by atoms with E-state index in [1.54, 1.807) is 0 Å². The molecule has 1 aromatic rings. The van der Waals surface area contributed by atoms with Crippen LogP contribution in [0.2, 0.25) is 0 Å². The fraction of sp³-hybridized carbons (Fsp3) is 0.412. The normalized spacial score (nSPS) is 26.7. The highest BCUT2D eigenvalue weighted by molar-refractivity contribution is 6.21. The predicted molar refractivity (Wildman–Crippen MR) is 80.1 cm³/mol. The van der Waals surface area contributed by atoms with Gasteiger partial charge in [0.2, 0.25) is 5.91 Å². The lowest BCUT2D eigenvalue weighted by Crippen LogP contribution is -3.17. The van der Waals surface area contributed by atoms with E-state index in [0.717, 1.165) is 9.80 Å². The zero-order valence-corrected chi connectivity index (χ0v) is 13.4. The first-order chi connectivity index (χ1) is 11.9.